The van der Waals surface area contributed by atoms with Crippen molar-refractivity contribution in [2.45, 2.75) is 18.6 Å². The number of amides is 1. The van der Waals surface area contributed by atoms with Crippen molar-refractivity contribution in [3.63, 3.8) is 0 Å². The molecule has 0 atom stereocenters. The SMILES string of the molecule is COc1ccccc1OCC(=O)N1CCC(OC)(OC)CC1. The molecule has 0 aliphatic carbocycles. The van der Waals surface area contributed by atoms with Crippen LogP contribution in [-0.4, -0.2) is 57.6 Å². The van der Waals surface area contributed by atoms with Crippen LogP contribution >= 0.6 is 0 Å². The molecule has 1 amide bonds. The number of methoxy groups -OCH3 is 3. The van der Waals surface area contributed by atoms with Crippen molar-refractivity contribution in [2.24, 2.45) is 0 Å². The van der Waals surface area contributed by atoms with E-state index in [2.05, 4.69) is 0 Å². The maximum Gasteiger partial charge on any atom is 0.260 e. The zero-order valence-electron chi connectivity index (χ0n) is 13.3. The molecule has 0 bridgehead atoms. The van der Waals surface area contributed by atoms with Crippen molar-refractivity contribution < 1.29 is 23.7 Å². The van der Waals surface area contributed by atoms with Gasteiger partial charge in [0.1, 0.15) is 0 Å². The number of carbonyl (C=O) groups is 1. The Kier molecular flexibility index (Phi) is 5.63. The maximum atomic E-state index is 12.2. The summed E-state index contributed by atoms with van der Waals surface area (Å²) in [7, 11) is 4.83. The highest BCUT2D eigenvalue weighted by Crippen LogP contribution is 2.27. The average Bonchev–Trinajstić information content (AvgIpc) is 2.60. The highest BCUT2D eigenvalue weighted by molar-refractivity contribution is 5.78. The summed E-state index contributed by atoms with van der Waals surface area (Å²) in [5, 5.41) is 0. The van der Waals surface area contributed by atoms with E-state index in [0.717, 1.165) is 0 Å². The van der Waals surface area contributed by atoms with Crippen LogP contribution in [0.5, 0.6) is 11.5 Å². The lowest BCUT2D eigenvalue weighted by atomic mass is 10.0. The van der Waals surface area contributed by atoms with Gasteiger partial charge in [-0.1, -0.05) is 12.1 Å². The molecule has 1 heterocycles. The van der Waals surface area contributed by atoms with Crippen LogP contribution in [-0.2, 0) is 14.3 Å². The van der Waals surface area contributed by atoms with Gasteiger partial charge >= 0.3 is 0 Å². The van der Waals surface area contributed by atoms with Gasteiger partial charge in [0.25, 0.3) is 5.91 Å². The van der Waals surface area contributed by atoms with Gasteiger partial charge in [-0.25, -0.2) is 0 Å². The van der Waals surface area contributed by atoms with Gasteiger partial charge in [-0.05, 0) is 12.1 Å². The van der Waals surface area contributed by atoms with E-state index in [0.29, 0.717) is 37.4 Å². The quantitative estimate of drug-likeness (QED) is 0.748. The molecule has 1 aliphatic rings. The topological polar surface area (TPSA) is 57.2 Å². The number of nitrogens with zero attached hydrogens (tertiary/aromatic N) is 1. The molecule has 0 radical (unpaired) electrons. The van der Waals surface area contributed by atoms with Crippen LogP contribution in [0.1, 0.15) is 12.8 Å². The first kappa shape index (κ1) is 16.6. The van der Waals surface area contributed by atoms with E-state index < -0.39 is 5.79 Å². The number of para-hydroxylation sites is 2. The van der Waals surface area contributed by atoms with E-state index in [4.69, 9.17) is 18.9 Å². The second kappa shape index (κ2) is 7.47. The van der Waals surface area contributed by atoms with Crippen LogP contribution in [0.2, 0.25) is 0 Å². The third-order valence-corrected chi connectivity index (χ3v) is 4.04. The van der Waals surface area contributed by atoms with E-state index in [-0.39, 0.29) is 12.5 Å². The van der Waals surface area contributed by atoms with E-state index in [1.54, 1.807) is 38.4 Å². The smallest absolute Gasteiger partial charge is 0.260 e. The molecule has 1 aromatic carbocycles. The maximum absolute atomic E-state index is 12.2. The zero-order chi connectivity index (χ0) is 16.0. The molecule has 0 aromatic heterocycles. The first-order valence-electron chi connectivity index (χ1n) is 7.28. The number of hydrogen-bond acceptors (Lipinski definition) is 5. The van der Waals surface area contributed by atoms with Crippen molar-refractivity contribution >= 4 is 5.91 Å². The number of rotatable bonds is 6. The number of benzene rings is 1. The summed E-state index contributed by atoms with van der Waals surface area (Å²) in [6, 6.07) is 7.28. The highest BCUT2D eigenvalue weighted by atomic mass is 16.7. The highest BCUT2D eigenvalue weighted by Gasteiger charge is 2.35. The number of likely N-dealkylation sites (tertiary alicyclic amines) is 1. The van der Waals surface area contributed by atoms with Gasteiger partial charge in [0, 0.05) is 40.2 Å². The van der Waals surface area contributed by atoms with Gasteiger partial charge in [0.15, 0.2) is 23.9 Å². The van der Waals surface area contributed by atoms with E-state index in [9.17, 15) is 4.79 Å². The van der Waals surface area contributed by atoms with Crippen molar-refractivity contribution in [3.8, 4) is 11.5 Å². The first-order chi connectivity index (χ1) is 10.6. The van der Waals surface area contributed by atoms with Gasteiger partial charge in [-0.15, -0.1) is 0 Å². The Morgan fingerprint density at radius 3 is 2.23 bits per heavy atom. The minimum Gasteiger partial charge on any atom is -0.493 e. The molecule has 0 saturated carbocycles. The Morgan fingerprint density at radius 2 is 1.68 bits per heavy atom. The molecule has 0 N–H and O–H groups in total. The fraction of sp³-hybridized carbons (Fsp3) is 0.562. The van der Waals surface area contributed by atoms with Crippen molar-refractivity contribution in [2.75, 3.05) is 41.0 Å². The largest absolute Gasteiger partial charge is 0.493 e. The summed E-state index contributed by atoms with van der Waals surface area (Å²) in [4.78, 5) is 14.0. The third-order valence-electron chi connectivity index (χ3n) is 4.04. The van der Waals surface area contributed by atoms with Crippen LogP contribution in [0.3, 0.4) is 0 Å². The lowest BCUT2D eigenvalue weighted by Gasteiger charge is -2.39. The Labute approximate surface area is 130 Å². The third kappa shape index (κ3) is 3.69. The lowest BCUT2D eigenvalue weighted by molar-refractivity contribution is -0.228. The van der Waals surface area contributed by atoms with Crippen LogP contribution in [0, 0.1) is 0 Å². The van der Waals surface area contributed by atoms with Crippen molar-refractivity contribution in [1.82, 2.24) is 4.90 Å². The second-order valence-corrected chi connectivity index (χ2v) is 5.14. The fourth-order valence-corrected chi connectivity index (χ4v) is 2.56. The summed E-state index contributed by atoms with van der Waals surface area (Å²) in [6.07, 6.45) is 1.31. The van der Waals surface area contributed by atoms with Gasteiger partial charge < -0.3 is 23.8 Å². The fourth-order valence-electron chi connectivity index (χ4n) is 2.56. The molecule has 122 valence electrons. The monoisotopic (exact) mass is 309 g/mol. The number of ether oxygens (including phenoxy) is 4. The first-order valence-corrected chi connectivity index (χ1v) is 7.28. The molecule has 2 rings (SSSR count). The minimum absolute atomic E-state index is 0.00661. The number of piperidine rings is 1. The molecule has 1 aromatic rings. The molecule has 22 heavy (non-hydrogen) atoms. The standard InChI is InChI=1S/C16H23NO5/c1-19-13-6-4-5-7-14(13)22-12-15(18)17-10-8-16(20-2,21-3)9-11-17/h4-7H,8-12H2,1-3H3. The van der Waals surface area contributed by atoms with Gasteiger partial charge in [-0.2, -0.15) is 0 Å². The molecule has 0 spiro atoms. The summed E-state index contributed by atoms with van der Waals surface area (Å²) in [6.45, 7) is 1.18. The lowest BCUT2D eigenvalue weighted by Crippen LogP contribution is -2.49. The molecular formula is C16H23NO5. The number of carbonyl (C=O) groups excluding carboxylic acids is 1. The Morgan fingerprint density at radius 1 is 1.09 bits per heavy atom. The second-order valence-electron chi connectivity index (χ2n) is 5.14. The average molecular weight is 309 g/mol. The summed E-state index contributed by atoms with van der Waals surface area (Å²) in [5.74, 6) is 0.567. The molecule has 1 aliphatic heterocycles. The van der Waals surface area contributed by atoms with E-state index in [1.165, 1.54) is 0 Å². The molecular weight excluding hydrogens is 286 g/mol. The van der Waals surface area contributed by atoms with Crippen molar-refractivity contribution in [1.29, 1.82) is 0 Å². The molecule has 1 fully saturated rings. The zero-order valence-corrected chi connectivity index (χ0v) is 13.3. The number of hydrogen-bond donors (Lipinski definition) is 0. The predicted molar refractivity (Wildman–Crippen MR) is 81.1 cm³/mol. The summed E-state index contributed by atoms with van der Waals surface area (Å²) >= 11 is 0. The van der Waals surface area contributed by atoms with Gasteiger partial charge in [0.05, 0.1) is 7.11 Å². The van der Waals surface area contributed by atoms with Crippen molar-refractivity contribution in [3.05, 3.63) is 24.3 Å². The molecule has 6 nitrogen and oxygen atoms in total. The Hall–Kier alpha value is -1.79. The van der Waals surface area contributed by atoms with Crippen LogP contribution in [0.15, 0.2) is 24.3 Å². The van der Waals surface area contributed by atoms with E-state index >= 15 is 0 Å². The molecule has 6 heteroatoms. The van der Waals surface area contributed by atoms with Crippen LogP contribution < -0.4 is 9.47 Å². The van der Waals surface area contributed by atoms with Crippen LogP contribution in [0.4, 0.5) is 0 Å². The molecule has 0 unspecified atom stereocenters. The predicted octanol–water partition coefficient (Wildman–Crippen LogP) is 1.69. The van der Waals surface area contributed by atoms with Crippen LogP contribution in [0.25, 0.3) is 0 Å². The normalized spacial score (nSPS) is 17.1. The summed E-state index contributed by atoms with van der Waals surface area (Å²) < 4.78 is 21.6. The minimum atomic E-state index is -0.569. The van der Waals surface area contributed by atoms with Gasteiger partial charge in [0.2, 0.25) is 0 Å². The summed E-state index contributed by atoms with van der Waals surface area (Å²) in [5.41, 5.74) is 0. The van der Waals surface area contributed by atoms with Gasteiger partial charge in [-0.3, -0.25) is 4.79 Å². The molecule has 1 saturated heterocycles. The Bertz CT molecular complexity index is 491. The van der Waals surface area contributed by atoms with E-state index in [1.807, 2.05) is 12.1 Å². The Balaban J connectivity index is 1.86.